The molecule has 0 rings (SSSR count). The van der Waals surface area contributed by atoms with Gasteiger partial charge in [0.05, 0.1) is 6.23 Å². The van der Waals surface area contributed by atoms with E-state index in [4.69, 9.17) is 14.7 Å². The van der Waals surface area contributed by atoms with Crippen LogP contribution in [0.4, 0.5) is 0 Å². The molecular weight excluding hydrogens is 217 g/mol. The van der Waals surface area contributed by atoms with Gasteiger partial charge < -0.3 is 14.7 Å². The minimum absolute atomic E-state index is 0.168. The van der Waals surface area contributed by atoms with Crippen molar-refractivity contribution in [1.82, 2.24) is 4.90 Å². The Bertz CT molecular complexity index is 162. The summed E-state index contributed by atoms with van der Waals surface area (Å²) in [5.41, 5.74) is 0. The van der Waals surface area contributed by atoms with E-state index in [9.17, 15) is 0 Å². The molecule has 17 heavy (non-hydrogen) atoms. The Kier molecular flexibility index (Phi) is 11.0. The van der Waals surface area contributed by atoms with Gasteiger partial charge >= 0.3 is 7.32 Å². The van der Waals surface area contributed by atoms with Gasteiger partial charge in [-0.3, -0.25) is 4.90 Å². The molecule has 0 spiro atoms. The fraction of sp³-hybridized carbons (Fsp3) is 1.00. The van der Waals surface area contributed by atoms with Crippen LogP contribution in [0.15, 0.2) is 0 Å². The minimum Gasteiger partial charge on any atom is -0.402 e. The second-order valence-electron chi connectivity index (χ2n) is 4.45. The highest BCUT2D eigenvalue weighted by Gasteiger charge is 2.22. The number of hydrogen-bond acceptors (Lipinski definition) is 4. The Morgan fingerprint density at radius 3 is 1.88 bits per heavy atom. The first-order chi connectivity index (χ1) is 8.15. The summed E-state index contributed by atoms with van der Waals surface area (Å²) in [5, 5.41) is 17.9. The van der Waals surface area contributed by atoms with E-state index in [2.05, 4.69) is 25.7 Å². The molecule has 102 valence electrons. The first-order valence-corrected chi connectivity index (χ1v) is 6.91. The van der Waals surface area contributed by atoms with E-state index in [1.54, 1.807) is 0 Å². The first kappa shape index (κ1) is 16.9. The lowest BCUT2D eigenvalue weighted by molar-refractivity contribution is -0.0155. The van der Waals surface area contributed by atoms with Crippen molar-refractivity contribution in [3.63, 3.8) is 0 Å². The highest BCUT2D eigenvalue weighted by atomic mass is 16.6. The summed E-state index contributed by atoms with van der Waals surface area (Å²) in [7, 11) is -1.67. The van der Waals surface area contributed by atoms with Crippen LogP contribution in [0.5, 0.6) is 0 Å². The molecule has 0 aliphatic carbocycles. The average molecular weight is 245 g/mol. The molecule has 1 unspecified atom stereocenters. The van der Waals surface area contributed by atoms with Crippen LogP contribution in [0.2, 0.25) is 0 Å². The summed E-state index contributed by atoms with van der Waals surface area (Å²) < 4.78 is 5.18. The summed E-state index contributed by atoms with van der Waals surface area (Å²) in [5.74, 6) is 0. The standard InChI is InChI=1S/C12H28BNO3/c1-4-7-10-14(11-8-5-2)12(9-6-3)17-13(15)16/h12,15-16H,4-11H2,1-3H3. The van der Waals surface area contributed by atoms with E-state index in [0.29, 0.717) is 0 Å². The Hall–Kier alpha value is -0.0951. The van der Waals surface area contributed by atoms with Gasteiger partial charge in [-0.2, -0.15) is 0 Å². The van der Waals surface area contributed by atoms with Crippen LogP contribution in [0.3, 0.4) is 0 Å². The van der Waals surface area contributed by atoms with Crippen LogP contribution in [0, 0.1) is 0 Å². The second-order valence-corrected chi connectivity index (χ2v) is 4.45. The molecule has 0 radical (unpaired) electrons. The zero-order valence-corrected chi connectivity index (χ0v) is 11.6. The highest BCUT2D eigenvalue weighted by Crippen LogP contribution is 2.12. The molecule has 0 heterocycles. The van der Waals surface area contributed by atoms with Gasteiger partial charge in [0.2, 0.25) is 0 Å². The van der Waals surface area contributed by atoms with Crippen molar-refractivity contribution in [2.45, 2.75) is 65.5 Å². The average Bonchev–Trinajstić information content (AvgIpc) is 2.28. The quantitative estimate of drug-likeness (QED) is 0.432. The number of unbranched alkanes of at least 4 members (excludes halogenated alkanes) is 2. The van der Waals surface area contributed by atoms with Gasteiger partial charge in [-0.15, -0.1) is 0 Å². The van der Waals surface area contributed by atoms with E-state index < -0.39 is 7.32 Å². The molecule has 2 N–H and O–H groups in total. The largest absolute Gasteiger partial charge is 0.635 e. The highest BCUT2D eigenvalue weighted by molar-refractivity contribution is 6.32. The monoisotopic (exact) mass is 245 g/mol. The molecule has 0 saturated carbocycles. The fourth-order valence-electron chi connectivity index (χ4n) is 1.85. The predicted octanol–water partition coefficient (Wildman–Crippen LogP) is 2.00. The lowest BCUT2D eigenvalue weighted by Gasteiger charge is -2.31. The number of rotatable bonds is 11. The Morgan fingerprint density at radius 1 is 1.00 bits per heavy atom. The van der Waals surface area contributed by atoms with Crippen molar-refractivity contribution < 1.29 is 14.7 Å². The third-order valence-electron chi connectivity index (χ3n) is 2.82. The summed E-state index contributed by atoms with van der Waals surface area (Å²) in [6.07, 6.45) is 6.17. The molecule has 0 fully saturated rings. The molecule has 4 nitrogen and oxygen atoms in total. The van der Waals surface area contributed by atoms with Gasteiger partial charge in [0.25, 0.3) is 0 Å². The molecule has 0 aromatic rings. The van der Waals surface area contributed by atoms with Crippen molar-refractivity contribution in [2.24, 2.45) is 0 Å². The van der Waals surface area contributed by atoms with Gasteiger partial charge in [0.15, 0.2) is 0 Å². The summed E-state index contributed by atoms with van der Waals surface area (Å²) in [4.78, 5) is 2.23. The molecule has 0 amide bonds. The van der Waals surface area contributed by atoms with Gasteiger partial charge in [-0.25, -0.2) is 0 Å². The SMILES string of the molecule is CCCCN(CCCC)C(CCC)OB(O)O. The molecular formula is C12H28BNO3. The topological polar surface area (TPSA) is 52.9 Å². The third kappa shape index (κ3) is 8.60. The Labute approximate surface area is 106 Å². The van der Waals surface area contributed by atoms with Crippen molar-refractivity contribution in [3.05, 3.63) is 0 Å². The van der Waals surface area contributed by atoms with Gasteiger partial charge in [-0.05, 0) is 19.3 Å². The van der Waals surface area contributed by atoms with Gasteiger partial charge in [-0.1, -0.05) is 40.0 Å². The smallest absolute Gasteiger partial charge is 0.402 e. The summed E-state index contributed by atoms with van der Waals surface area (Å²) in [6, 6.07) is 0. The van der Waals surface area contributed by atoms with Crippen molar-refractivity contribution in [3.8, 4) is 0 Å². The molecule has 5 heteroatoms. The van der Waals surface area contributed by atoms with E-state index in [1.807, 2.05) is 0 Å². The van der Waals surface area contributed by atoms with Crippen LogP contribution in [-0.2, 0) is 4.65 Å². The lowest BCUT2D eigenvalue weighted by Crippen LogP contribution is -2.42. The van der Waals surface area contributed by atoms with E-state index in [1.165, 1.54) is 0 Å². The van der Waals surface area contributed by atoms with E-state index in [0.717, 1.165) is 51.6 Å². The zero-order valence-electron chi connectivity index (χ0n) is 11.6. The third-order valence-corrected chi connectivity index (χ3v) is 2.82. The molecule has 0 bridgehead atoms. The minimum atomic E-state index is -1.67. The fourth-order valence-corrected chi connectivity index (χ4v) is 1.85. The Balaban J connectivity index is 4.31. The zero-order chi connectivity index (χ0) is 13.1. The molecule has 1 atom stereocenters. The predicted molar refractivity (Wildman–Crippen MR) is 71.4 cm³/mol. The second kappa shape index (κ2) is 11.0. The van der Waals surface area contributed by atoms with Crippen LogP contribution in [0.1, 0.15) is 59.3 Å². The molecule has 0 aromatic heterocycles. The van der Waals surface area contributed by atoms with Crippen LogP contribution in [0.25, 0.3) is 0 Å². The van der Waals surface area contributed by atoms with Crippen molar-refractivity contribution >= 4 is 7.32 Å². The van der Waals surface area contributed by atoms with Crippen LogP contribution < -0.4 is 0 Å². The first-order valence-electron chi connectivity index (χ1n) is 6.91. The normalized spacial score (nSPS) is 13.1. The van der Waals surface area contributed by atoms with Gasteiger partial charge in [0, 0.05) is 13.1 Å². The van der Waals surface area contributed by atoms with Crippen molar-refractivity contribution in [1.29, 1.82) is 0 Å². The van der Waals surface area contributed by atoms with Gasteiger partial charge in [0.1, 0.15) is 0 Å². The van der Waals surface area contributed by atoms with Crippen LogP contribution >= 0.6 is 0 Å². The summed E-state index contributed by atoms with van der Waals surface area (Å²) >= 11 is 0. The van der Waals surface area contributed by atoms with Crippen LogP contribution in [-0.4, -0.2) is 41.6 Å². The molecule has 0 saturated heterocycles. The lowest BCUT2D eigenvalue weighted by atomic mass is 10.2. The van der Waals surface area contributed by atoms with E-state index in [-0.39, 0.29) is 6.23 Å². The number of nitrogens with zero attached hydrogens (tertiary/aromatic N) is 1. The van der Waals surface area contributed by atoms with E-state index >= 15 is 0 Å². The summed E-state index contributed by atoms with van der Waals surface area (Å²) in [6.45, 7) is 8.34. The molecule has 0 aliphatic heterocycles. The number of hydrogen-bond donors (Lipinski definition) is 2. The molecule has 0 aliphatic rings. The van der Waals surface area contributed by atoms with Crippen molar-refractivity contribution in [2.75, 3.05) is 13.1 Å². The maximum Gasteiger partial charge on any atom is 0.635 e. The Morgan fingerprint density at radius 2 is 1.53 bits per heavy atom. The maximum atomic E-state index is 8.96. The molecule has 0 aromatic carbocycles. The maximum absolute atomic E-state index is 8.96.